The summed E-state index contributed by atoms with van der Waals surface area (Å²) in [6.07, 6.45) is 1.62. The molecule has 24 heavy (non-hydrogen) atoms. The van der Waals surface area contributed by atoms with Crippen molar-refractivity contribution in [1.29, 1.82) is 0 Å². The van der Waals surface area contributed by atoms with Crippen molar-refractivity contribution in [2.45, 2.75) is 13.1 Å². The van der Waals surface area contributed by atoms with Gasteiger partial charge in [0.2, 0.25) is 0 Å². The summed E-state index contributed by atoms with van der Waals surface area (Å²) in [7, 11) is 1.64. The first-order chi connectivity index (χ1) is 11.8. The van der Waals surface area contributed by atoms with Crippen LogP contribution in [0.2, 0.25) is 0 Å². The number of furan rings is 1. The minimum absolute atomic E-state index is 0.0252. The maximum Gasteiger partial charge on any atom is 0.254 e. The highest BCUT2D eigenvalue weighted by atomic mass is 16.5. The molecule has 0 saturated heterocycles. The van der Waals surface area contributed by atoms with Crippen LogP contribution in [0.5, 0.6) is 5.75 Å². The Morgan fingerprint density at radius 3 is 2.33 bits per heavy atom. The first kappa shape index (κ1) is 15.9. The van der Waals surface area contributed by atoms with Crippen molar-refractivity contribution in [3.8, 4) is 5.75 Å². The Morgan fingerprint density at radius 1 is 0.958 bits per heavy atom. The van der Waals surface area contributed by atoms with E-state index in [4.69, 9.17) is 9.15 Å². The number of benzene rings is 2. The summed E-state index contributed by atoms with van der Waals surface area (Å²) >= 11 is 0. The fourth-order valence-electron chi connectivity index (χ4n) is 2.50. The summed E-state index contributed by atoms with van der Waals surface area (Å²) in [5, 5.41) is 0. The summed E-state index contributed by atoms with van der Waals surface area (Å²) in [4.78, 5) is 14.6. The molecular formula is C20H19NO3. The Balaban J connectivity index is 1.82. The summed E-state index contributed by atoms with van der Waals surface area (Å²) in [6, 6.07) is 20.7. The first-order valence-corrected chi connectivity index (χ1v) is 7.76. The van der Waals surface area contributed by atoms with E-state index in [0.29, 0.717) is 18.7 Å². The summed E-state index contributed by atoms with van der Waals surface area (Å²) in [5.41, 5.74) is 1.70. The number of methoxy groups -OCH3 is 1. The van der Waals surface area contributed by atoms with E-state index in [-0.39, 0.29) is 5.91 Å². The number of carbonyl (C=O) groups excluding carboxylic acids is 1. The van der Waals surface area contributed by atoms with E-state index >= 15 is 0 Å². The molecule has 3 aromatic rings. The van der Waals surface area contributed by atoms with Gasteiger partial charge in [0.15, 0.2) is 0 Å². The molecule has 0 unspecified atom stereocenters. The third kappa shape index (κ3) is 3.84. The molecule has 1 amide bonds. The lowest BCUT2D eigenvalue weighted by Gasteiger charge is -2.22. The number of nitrogens with zero attached hydrogens (tertiary/aromatic N) is 1. The molecule has 0 aliphatic carbocycles. The quantitative estimate of drug-likeness (QED) is 0.685. The second-order valence-electron chi connectivity index (χ2n) is 5.45. The summed E-state index contributed by atoms with van der Waals surface area (Å²) in [5.74, 6) is 1.53. The van der Waals surface area contributed by atoms with Gasteiger partial charge in [-0.2, -0.15) is 0 Å². The monoisotopic (exact) mass is 321 g/mol. The van der Waals surface area contributed by atoms with Crippen molar-refractivity contribution in [3.05, 3.63) is 89.9 Å². The second kappa shape index (κ2) is 7.51. The first-order valence-electron chi connectivity index (χ1n) is 7.76. The molecule has 0 radical (unpaired) electrons. The smallest absolute Gasteiger partial charge is 0.254 e. The Hall–Kier alpha value is -3.01. The highest BCUT2D eigenvalue weighted by Crippen LogP contribution is 2.17. The Morgan fingerprint density at radius 2 is 1.71 bits per heavy atom. The van der Waals surface area contributed by atoms with Crippen LogP contribution in [-0.4, -0.2) is 17.9 Å². The maximum absolute atomic E-state index is 12.9. The molecule has 0 fully saturated rings. The van der Waals surface area contributed by atoms with Crippen LogP contribution in [0.1, 0.15) is 21.7 Å². The van der Waals surface area contributed by atoms with Gasteiger partial charge >= 0.3 is 0 Å². The standard InChI is InChI=1S/C20H19NO3/c1-23-18-11-9-16(10-12-18)14-21(15-19-8-5-13-24-19)20(22)17-6-3-2-4-7-17/h2-13H,14-15H2,1H3. The third-order valence-corrected chi connectivity index (χ3v) is 3.77. The van der Waals surface area contributed by atoms with Gasteiger partial charge in [0.25, 0.3) is 5.91 Å². The molecule has 3 rings (SSSR count). The number of carbonyl (C=O) groups is 1. The molecule has 4 heteroatoms. The van der Waals surface area contributed by atoms with E-state index in [0.717, 1.165) is 17.1 Å². The summed E-state index contributed by atoms with van der Waals surface area (Å²) in [6.45, 7) is 0.922. The lowest BCUT2D eigenvalue weighted by Crippen LogP contribution is -2.30. The number of rotatable bonds is 6. The molecule has 0 aliphatic heterocycles. The second-order valence-corrected chi connectivity index (χ2v) is 5.45. The fraction of sp³-hybridized carbons (Fsp3) is 0.150. The molecule has 1 heterocycles. The van der Waals surface area contributed by atoms with E-state index in [2.05, 4.69) is 0 Å². The van der Waals surface area contributed by atoms with Crippen molar-refractivity contribution in [1.82, 2.24) is 4.90 Å². The lowest BCUT2D eigenvalue weighted by atomic mass is 10.1. The van der Waals surface area contributed by atoms with E-state index in [1.54, 1.807) is 18.3 Å². The molecule has 1 aromatic heterocycles. The summed E-state index contributed by atoms with van der Waals surface area (Å²) < 4.78 is 10.6. The van der Waals surface area contributed by atoms with Gasteiger partial charge in [-0.3, -0.25) is 4.79 Å². The largest absolute Gasteiger partial charge is 0.497 e. The zero-order valence-corrected chi connectivity index (χ0v) is 13.5. The fourth-order valence-corrected chi connectivity index (χ4v) is 2.50. The van der Waals surface area contributed by atoms with Crippen molar-refractivity contribution >= 4 is 5.91 Å². The van der Waals surface area contributed by atoms with Crippen molar-refractivity contribution in [3.63, 3.8) is 0 Å². The number of hydrogen-bond donors (Lipinski definition) is 0. The molecule has 0 N–H and O–H groups in total. The van der Waals surface area contributed by atoms with E-state index < -0.39 is 0 Å². The zero-order chi connectivity index (χ0) is 16.8. The van der Waals surface area contributed by atoms with Crippen LogP contribution in [-0.2, 0) is 13.1 Å². The molecular weight excluding hydrogens is 302 g/mol. The van der Waals surface area contributed by atoms with Crippen molar-refractivity contribution in [2.75, 3.05) is 7.11 Å². The lowest BCUT2D eigenvalue weighted by molar-refractivity contribution is 0.0717. The van der Waals surface area contributed by atoms with Gasteiger partial charge in [0.1, 0.15) is 11.5 Å². The van der Waals surface area contributed by atoms with Gasteiger partial charge in [-0.15, -0.1) is 0 Å². The Bertz CT molecular complexity index is 764. The van der Waals surface area contributed by atoms with Crippen molar-refractivity contribution in [2.24, 2.45) is 0 Å². The minimum atomic E-state index is -0.0252. The average Bonchev–Trinajstić information content (AvgIpc) is 3.15. The Labute approximate surface area is 141 Å². The minimum Gasteiger partial charge on any atom is -0.497 e. The van der Waals surface area contributed by atoms with Gasteiger partial charge in [-0.25, -0.2) is 0 Å². The maximum atomic E-state index is 12.9. The van der Waals surface area contributed by atoms with Crippen molar-refractivity contribution < 1.29 is 13.9 Å². The van der Waals surface area contributed by atoms with Gasteiger partial charge < -0.3 is 14.1 Å². The predicted molar refractivity (Wildman–Crippen MR) is 91.7 cm³/mol. The van der Waals surface area contributed by atoms with Crippen LogP contribution in [0, 0.1) is 0 Å². The Kier molecular flexibility index (Phi) is 4.96. The number of ether oxygens (including phenoxy) is 1. The zero-order valence-electron chi connectivity index (χ0n) is 13.5. The van der Waals surface area contributed by atoms with Gasteiger partial charge in [-0.05, 0) is 42.0 Å². The molecule has 0 saturated carbocycles. The van der Waals surface area contributed by atoms with Crippen LogP contribution < -0.4 is 4.74 Å². The predicted octanol–water partition coefficient (Wildman–Crippen LogP) is 4.13. The van der Waals surface area contributed by atoms with Crippen LogP contribution in [0.25, 0.3) is 0 Å². The molecule has 0 spiro atoms. The van der Waals surface area contributed by atoms with E-state index in [1.165, 1.54) is 0 Å². The molecule has 0 bridgehead atoms. The topological polar surface area (TPSA) is 42.7 Å². The highest BCUT2D eigenvalue weighted by molar-refractivity contribution is 5.94. The van der Waals surface area contributed by atoms with Gasteiger partial charge in [0.05, 0.1) is 19.9 Å². The normalized spacial score (nSPS) is 10.4. The molecule has 122 valence electrons. The molecule has 4 nitrogen and oxygen atoms in total. The van der Waals surface area contributed by atoms with Crippen LogP contribution in [0.3, 0.4) is 0 Å². The molecule has 0 atom stereocenters. The SMILES string of the molecule is COc1ccc(CN(Cc2ccco2)C(=O)c2ccccc2)cc1. The van der Waals surface area contributed by atoms with Gasteiger partial charge in [-0.1, -0.05) is 30.3 Å². The van der Waals surface area contributed by atoms with Crippen LogP contribution in [0.15, 0.2) is 77.4 Å². The van der Waals surface area contributed by atoms with Gasteiger partial charge in [0, 0.05) is 12.1 Å². The highest BCUT2D eigenvalue weighted by Gasteiger charge is 2.17. The van der Waals surface area contributed by atoms with E-state index in [1.807, 2.05) is 66.7 Å². The number of hydrogen-bond acceptors (Lipinski definition) is 3. The van der Waals surface area contributed by atoms with Crippen LogP contribution >= 0.6 is 0 Å². The average molecular weight is 321 g/mol. The molecule has 0 aliphatic rings. The van der Waals surface area contributed by atoms with Crippen LogP contribution in [0.4, 0.5) is 0 Å². The molecule has 2 aromatic carbocycles. The number of amides is 1. The third-order valence-electron chi connectivity index (χ3n) is 3.77. The van der Waals surface area contributed by atoms with E-state index in [9.17, 15) is 4.79 Å².